The van der Waals surface area contributed by atoms with Gasteiger partial charge in [-0.05, 0) is 233 Å². The average Bonchev–Trinajstić information content (AvgIpc) is 0.773. The summed E-state index contributed by atoms with van der Waals surface area (Å²) < 4.78 is 137. The fraction of sp³-hybridized carbons (Fsp3) is 0.0800. The van der Waals surface area contributed by atoms with Gasteiger partial charge in [0.1, 0.15) is 63.2 Å². The van der Waals surface area contributed by atoms with Gasteiger partial charge in [-0.1, -0.05) is 94.0 Å². The van der Waals surface area contributed by atoms with Crippen molar-refractivity contribution in [1.29, 1.82) is 0 Å². The minimum absolute atomic E-state index is 0.0523. The molecule has 23 nitrogen and oxygen atoms in total. The number of sulfone groups is 2. The Kier molecular flexibility index (Phi) is 24.7. The number of methoxy groups -OCH3 is 2. The molecule has 534 valence electrons. The number of hydrogen-bond donors (Lipinski definition) is 4. The summed E-state index contributed by atoms with van der Waals surface area (Å²) in [6.45, 7) is 3.63. The molecule has 0 aliphatic rings. The molecule has 0 fully saturated rings. The quantitative estimate of drug-likeness (QED) is 0.0111. The summed E-state index contributed by atoms with van der Waals surface area (Å²) in [6.07, 6.45) is 0.600. The zero-order chi connectivity index (χ0) is 73.5. The topological polar surface area (TPSA) is 311 Å². The Bertz CT molecular complexity index is 5420. The molecule has 0 spiro atoms. The van der Waals surface area contributed by atoms with Crippen LogP contribution in [0.3, 0.4) is 0 Å². The van der Waals surface area contributed by atoms with Crippen molar-refractivity contribution in [3.63, 3.8) is 0 Å². The number of carbonyl (C=O) groups is 1. The Hall–Kier alpha value is -9.87. The molecule has 0 atom stereocenters. The van der Waals surface area contributed by atoms with Gasteiger partial charge in [-0.15, -0.1) is 13.0 Å². The van der Waals surface area contributed by atoms with Crippen LogP contribution in [0.4, 0.5) is 0 Å². The molecule has 12 aromatic carbocycles. The smallest absolute Gasteiger partial charge is 0.298 e. The second kappa shape index (κ2) is 34.2. The largest absolute Gasteiger partial charge is 0.497 e. The number of rotatable bonds is 29. The van der Waals surface area contributed by atoms with E-state index in [2.05, 4.69) is 28.1 Å². The van der Waals surface area contributed by atoms with E-state index >= 15 is 0 Å². The molecule has 0 amide bonds. The lowest BCUT2D eigenvalue weighted by molar-refractivity contribution is -0.432. The molecule has 0 aliphatic heterocycles. The van der Waals surface area contributed by atoms with Gasteiger partial charge in [0.25, 0.3) is 10.1 Å². The van der Waals surface area contributed by atoms with E-state index in [0.717, 1.165) is 84.9 Å². The molecule has 4 N–H and O–H groups in total. The van der Waals surface area contributed by atoms with Gasteiger partial charge in [-0.25, -0.2) is 32.6 Å². The van der Waals surface area contributed by atoms with Crippen molar-refractivity contribution in [2.75, 3.05) is 14.2 Å². The van der Waals surface area contributed by atoms with E-state index in [4.69, 9.17) is 44.2 Å². The highest BCUT2D eigenvalue weighted by molar-refractivity contribution is 7.95. The van der Waals surface area contributed by atoms with E-state index in [1.165, 1.54) is 36.4 Å². The van der Waals surface area contributed by atoms with Crippen molar-refractivity contribution in [2.24, 2.45) is 0 Å². The van der Waals surface area contributed by atoms with Crippen LogP contribution in [0.15, 0.2) is 282 Å². The molecular weight excluding hydrogens is 1460 g/mol. The zero-order valence-corrected chi connectivity index (χ0v) is 59.9. The van der Waals surface area contributed by atoms with Crippen LogP contribution in [-0.2, 0) is 70.9 Å². The van der Waals surface area contributed by atoms with Crippen LogP contribution < -0.4 is 28.4 Å². The zero-order valence-electron chi connectivity index (χ0n) is 55.0. The van der Waals surface area contributed by atoms with E-state index in [1.807, 2.05) is 97.9 Å². The van der Waals surface area contributed by atoms with Crippen LogP contribution in [0, 0.1) is 13.8 Å². The number of carbonyl (C=O) groups excluding carboxylic acids is 1. The molecule has 0 unspecified atom stereocenters. The van der Waals surface area contributed by atoms with Gasteiger partial charge in [-0.3, -0.25) is 9.35 Å². The lowest BCUT2D eigenvalue weighted by Gasteiger charge is -2.15. The first-order valence-electron chi connectivity index (χ1n) is 30.8. The van der Waals surface area contributed by atoms with Gasteiger partial charge in [0.05, 0.1) is 74.8 Å². The van der Waals surface area contributed by atoms with E-state index in [-0.39, 0.29) is 48.4 Å². The molecule has 0 heterocycles. The van der Waals surface area contributed by atoms with Crippen LogP contribution in [0.25, 0.3) is 21.5 Å². The second-order valence-corrected chi connectivity index (χ2v) is 30.1. The van der Waals surface area contributed by atoms with Gasteiger partial charge < -0.3 is 28.4 Å². The van der Waals surface area contributed by atoms with Crippen molar-refractivity contribution < 1.29 is 107 Å². The first-order chi connectivity index (χ1) is 50.1. The maximum absolute atomic E-state index is 13.6. The van der Waals surface area contributed by atoms with Crippen LogP contribution >= 0.6 is 36.1 Å². The number of ether oxygens (including phenoxy) is 6. The lowest BCUT2D eigenvalue weighted by Crippen LogP contribution is -2.07. The minimum Gasteiger partial charge on any atom is -0.497 e. The van der Waals surface area contributed by atoms with Gasteiger partial charge >= 0.3 is 0 Å². The fourth-order valence-electron chi connectivity index (χ4n) is 10.4. The molecule has 0 aliphatic carbocycles. The standard InChI is InChI=1S/C44H34O16S4.C31H26O7S2/c1-27-3-17-37(24-41(27)61-59-57-46)63(48,49)38-18-20-40(43(25-38)64(50,51)52)56-39-19-16-35(23-42(39)62-60-58-47)54-26-28-4-6-29(7-5-28)44(45)30-8-12-33(13-9-30)55-36-15-11-31-21-34(53-2)14-10-32(31)22-36;1-21-3-4-23(18-31(21)39-38-37-32)17-22-5-13-29(14-6-22)40(33,34)30-15-11-26(12-16-30)36-28-10-8-24-19-27(35-2)9-7-25(24)20-28/h3-25,46-47H,26H2,1-2H3,(H,50,51,52);3-16,18-20,32H,17H2,1-2H3. The molecule has 12 rings (SSSR count). The Labute approximate surface area is 609 Å². The summed E-state index contributed by atoms with van der Waals surface area (Å²) in [5.74, 6) is 3.49. The molecule has 104 heavy (non-hydrogen) atoms. The van der Waals surface area contributed by atoms with Crippen LogP contribution in [0.5, 0.6) is 51.7 Å². The molecule has 0 aromatic heterocycles. The monoisotopic (exact) mass is 1520 g/mol. The Morgan fingerprint density at radius 1 is 0.365 bits per heavy atom. The number of benzene rings is 12. The predicted molar refractivity (Wildman–Crippen MR) is 385 cm³/mol. The van der Waals surface area contributed by atoms with E-state index in [1.54, 1.807) is 118 Å². The van der Waals surface area contributed by atoms with Crippen LogP contribution in [0.1, 0.15) is 43.7 Å². The number of hydrogen-bond acceptors (Lipinski definition) is 25. The van der Waals surface area contributed by atoms with Gasteiger partial charge in [0.2, 0.25) is 19.7 Å². The molecule has 0 radical (unpaired) electrons. The SMILES string of the molecule is COc1ccc2cc(Oc3ccc(C(=O)c4ccc(COc5ccc(Oc6ccc(S(=O)(=O)c7ccc(C)c(SOOO)c7)cc6S(=O)(=O)O)c(SOOO)c5)cc4)cc3)ccc2c1.COc1ccc2cc(Oc3ccc(S(=O)(=O)c4ccc(Cc5ccc(C)c(SOOO)c5)cc4)cc3)ccc2c1. The summed E-state index contributed by atoms with van der Waals surface area (Å²) in [5.41, 5.74) is 5.13. The van der Waals surface area contributed by atoms with Crippen LogP contribution in [0.2, 0.25) is 0 Å². The average molecular weight is 1520 g/mol. The van der Waals surface area contributed by atoms with Gasteiger partial charge in [-0.2, -0.15) is 8.42 Å². The Balaban J connectivity index is 0.000000232. The lowest BCUT2D eigenvalue weighted by atomic mass is 10.0. The number of aryl methyl sites for hydroxylation is 2. The third-order valence-corrected chi connectivity index (χ3v) is 22.4. The fourth-order valence-corrected chi connectivity index (χ4v) is 15.2. The van der Waals surface area contributed by atoms with Crippen molar-refractivity contribution >= 4 is 93.2 Å². The molecular formula is C75H60O23S6. The van der Waals surface area contributed by atoms with Crippen LogP contribution in [-0.4, -0.2) is 65.6 Å². The third kappa shape index (κ3) is 18.9. The summed E-state index contributed by atoms with van der Waals surface area (Å²) in [7, 11) is -9.91. The highest BCUT2D eigenvalue weighted by atomic mass is 32.2. The second-order valence-electron chi connectivity index (χ2n) is 22.6. The summed E-state index contributed by atoms with van der Waals surface area (Å²) in [5, 5.41) is 40.8. The Morgan fingerprint density at radius 3 is 1.29 bits per heavy atom. The number of fused-ring (bicyclic) bond motifs is 2. The van der Waals surface area contributed by atoms with Gasteiger partial charge in [0, 0.05) is 20.9 Å². The number of ketones is 1. The highest BCUT2D eigenvalue weighted by Gasteiger charge is 2.27. The minimum atomic E-state index is -5.08. The highest BCUT2D eigenvalue weighted by Crippen LogP contribution is 2.41. The van der Waals surface area contributed by atoms with E-state index < -0.39 is 45.3 Å². The normalized spacial score (nSPS) is 11.6. The molecule has 12 aromatic rings. The summed E-state index contributed by atoms with van der Waals surface area (Å²) in [6, 6.07) is 66.9. The predicted octanol–water partition coefficient (Wildman–Crippen LogP) is 18.3. The maximum Gasteiger partial charge on any atom is 0.298 e. The Morgan fingerprint density at radius 2 is 0.760 bits per heavy atom. The van der Waals surface area contributed by atoms with Gasteiger partial charge in [0.15, 0.2) is 5.78 Å². The van der Waals surface area contributed by atoms with Crippen molar-refractivity contribution in [3.8, 4) is 51.7 Å². The maximum atomic E-state index is 13.6. The molecule has 0 saturated heterocycles. The molecule has 29 heteroatoms. The van der Waals surface area contributed by atoms with Crippen molar-refractivity contribution in [3.05, 3.63) is 282 Å². The third-order valence-electron chi connectivity index (χ3n) is 15.8. The van der Waals surface area contributed by atoms with Crippen molar-refractivity contribution in [2.45, 2.75) is 66.0 Å². The first kappa shape index (κ1) is 75.3. The molecule has 0 bridgehead atoms. The van der Waals surface area contributed by atoms with E-state index in [9.17, 15) is 34.6 Å². The molecule has 0 saturated carbocycles. The first-order valence-corrected chi connectivity index (χ1v) is 37.4. The summed E-state index contributed by atoms with van der Waals surface area (Å²) >= 11 is 1.92. The van der Waals surface area contributed by atoms with E-state index in [0.29, 0.717) is 75.8 Å². The van der Waals surface area contributed by atoms with Crippen molar-refractivity contribution in [1.82, 2.24) is 0 Å². The summed E-state index contributed by atoms with van der Waals surface area (Å²) in [4.78, 5) is 13.2.